The van der Waals surface area contributed by atoms with E-state index in [0.29, 0.717) is 5.75 Å². The Morgan fingerprint density at radius 2 is 2.15 bits per heavy atom. The van der Waals surface area contributed by atoms with E-state index in [4.69, 9.17) is 4.74 Å². The number of carbonyl (C=O) groups is 1. The van der Waals surface area contributed by atoms with Crippen LogP contribution in [0.15, 0.2) is 22.7 Å². The Bertz CT molecular complexity index is 497. The second-order valence-corrected chi connectivity index (χ2v) is 5.81. The molecule has 3 nitrogen and oxygen atoms in total. The van der Waals surface area contributed by atoms with Crippen LogP contribution in [0.2, 0.25) is 0 Å². The van der Waals surface area contributed by atoms with E-state index in [1.807, 2.05) is 0 Å². The molecule has 0 aliphatic heterocycles. The van der Waals surface area contributed by atoms with Crippen molar-refractivity contribution in [1.29, 1.82) is 0 Å². The summed E-state index contributed by atoms with van der Waals surface area (Å²) >= 11 is 3.34. The summed E-state index contributed by atoms with van der Waals surface area (Å²) in [7, 11) is 1.33. The first-order valence-electron chi connectivity index (χ1n) is 6.25. The third-order valence-electron chi connectivity index (χ3n) is 3.22. The zero-order valence-electron chi connectivity index (χ0n) is 11.0. The summed E-state index contributed by atoms with van der Waals surface area (Å²) in [6.07, 6.45) is -0.0828. The molecule has 0 amide bonds. The number of ether oxygens (including phenoxy) is 2. The minimum atomic E-state index is -2.53. The number of carbonyl (C=O) groups excluding carboxylic acids is 1. The molecule has 1 saturated carbocycles. The lowest BCUT2D eigenvalue weighted by Gasteiger charge is -2.34. The molecule has 0 heterocycles. The number of rotatable bonds is 5. The number of methoxy groups -OCH3 is 1. The molecule has 1 aliphatic carbocycles. The van der Waals surface area contributed by atoms with E-state index in [9.17, 15) is 13.6 Å². The van der Waals surface area contributed by atoms with Crippen LogP contribution in [-0.2, 0) is 16.0 Å². The largest absolute Gasteiger partial charge is 0.492 e. The molecule has 0 saturated heterocycles. The van der Waals surface area contributed by atoms with Crippen molar-refractivity contribution in [3.63, 3.8) is 0 Å². The average molecular weight is 349 g/mol. The van der Waals surface area contributed by atoms with Crippen LogP contribution in [0, 0.1) is 5.92 Å². The van der Waals surface area contributed by atoms with E-state index in [1.54, 1.807) is 18.2 Å². The molecule has 6 heteroatoms. The maximum atomic E-state index is 12.7. The number of halogens is 3. The van der Waals surface area contributed by atoms with Crippen LogP contribution in [0.3, 0.4) is 0 Å². The minimum absolute atomic E-state index is 0.110. The molecule has 0 atom stereocenters. The number of benzene rings is 1. The van der Waals surface area contributed by atoms with E-state index < -0.39 is 5.92 Å². The molecule has 0 bridgehead atoms. The third kappa shape index (κ3) is 3.91. The van der Waals surface area contributed by atoms with Crippen molar-refractivity contribution in [1.82, 2.24) is 0 Å². The first-order chi connectivity index (χ1) is 9.39. The summed E-state index contributed by atoms with van der Waals surface area (Å²) in [5.74, 6) is -2.42. The molecule has 0 radical (unpaired) electrons. The molecule has 20 heavy (non-hydrogen) atoms. The first-order valence-corrected chi connectivity index (χ1v) is 7.05. The van der Waals surface area contributed by atoms with Crippen molar-refractivity contribution >= 4 is 21.9 Å². The fraction of sp³-hybridized carbons (Fsp3) is 0.500. The highest BCUT2D eigenvalue weighted by Gasteiger charge is 2.45. The molecule has 0 aromatic heterocycles. The van der Waals surface area contributed by atoms with Crippen molar-refractivity contribution in [2.45, 2.75) is 25.2 Å². The van der Waals surface area contributed by atoms with Gasteiger partial charge >= 0.3 is 5.97 Å². The molecule has 0 spiro atoms. The van der Waals surface area contributed by atoms with Gasteiger partial charge in [0.1, 0.15) is 5.75 Å². The quantitative estimate of drug-likeness (QED) is 0.763. The van der Waals surface area contributed by atoms with E-state index >= 15 is 0 Å². The van der Waals surface area contributed by atoms with Gasteiger partial charge in [-0.05, 0) is 33.6 Å². The van der Waals surface area contributed by atoms with Gasteiger partial charge in [0.15, 0.2) is 0 Å². The van der Waals surface area contributed by atoms with Crippen LogP contribution < -0.4 is 4.74 Å². The van der Waals surface area contributed by atoms with Gasteiger partial charge in [0.25, 0.3) is 0 Å². The van der Waals surface area contributed by atoms with Crippen molar-refractivity contribution in [2.24, 2.45) is 5.92 Å². The summed E-state index contributed by atoms with van der Waals surface area (Å²) in [6.45, 7) is 0.260. The number of hydrogen-bond acceptors (Lipinski definition) is 3. The second kappa shape index (κ2) is 6.08. The van der Waals surface area contributed by atoms with Crippen LogP contribution in [0.4, 0.5) is 8.78 Å². The van der Waals surface area contributed by atoms with Gasteiger partial charge < -0.3 is 9.47 Å². The minimum Gasteiger partial charge on any atom is -0.492 e. The van der Waals surface area contributed by atoms with Crippen LogP contribution in [0.25, 0.3) is 0 Å². The molecule has 110 valence electrons. The molecule has 0 unspecified atom stereocenters. The lowest BCUT2D eigenvalue weighted by molar-refractivity contribution is -0.139. The highest BCUT2D eigenvalue weighted by molar-refractivity contribution is 9.10. The van der Waals surface area contributed by atoms with Crippen molar-refractivity contribution in [3.8, 4) is 5.75 Å². The summed E-state index contributed by atoms with van der Waals surface area (Å²) < 4.78 is 36.3. The molecule has 0 N–H and O–H groups in total. The summed E-state index contributed by atoms with van der Waals surface area (Å²) in [5.41, 5.74) is 0.758. The normalized spacial score (nSPS) is 17.4. The highest BCUT2D eigenvalue weighted by atomic mass is 79.9. The predicted octanol–water partition coefficient (Wildman–Crippen LogP) is 3.59. The van der Waals surface area contributed by atoms with E-state index in [1.165, 1.54) is 7.11 Å². The average Bonchev–Trinajstić information content (AvgIpc) is 2.36. The Balaban J connectivity index is 1.93. The van der Waals surface area contributed by atoms with Gasteiger partial charge in [-0.3, -0.25) is 4.79 Å². The van der Waals surface area contributed by atoms with Crippen LogP contribution in [-0.4, -0.2) is 25.6 Å². The van der Waals surface area contributed by atoms with Crippen LogP contribution in [0.5, 0.6) is 5.75 Å². The Morgan fingerprint density at radius 1 is 1.45 bits per heavy atom. The molecule has 1 aliphatic rings. The second-order valence-electron chi connectivity index (χ2n) is 4.96. The number of hydrogen-bond donors (Lipinski definition) is 0. The fourth-order valence-corrected chi connectivity index (χ4v) is 2.48. The molecule has 2 rings (SSSR count). The first kappa shape index (κ1) is 15.2. The summed E-state index contributed by atoms with van der Waals surface area (Å²) in [4.78, 5) is 11.2. The highest BCUT2D eigenvalue weighted by Crippen LogP contribution is 2.42. The Morgan fingerprint density at radius 3 is 2.75 bits per heavy atom. The lowest BCUT2D eigenvalue weighted by Crippen LogP contribution is -2.38. The maximum Gasteiger partial charge on any atom is 0.309 e. The van der Waals surface area contributed by atoms with Gasteiger partial charge in [0.2, 0.25) is 5.92 Å². The van der Waals surface area contributed by atoms with Gasteiger partial charge in [-0.15, -0.1) is 0 Å². The Hall–Kier alpha value is -1.17. The standard InChI is InChI=1S/C14H15BrF2O3/c1-19-13(18)5-9-2-3-11(15)12(4-9)20-8-10-6-14(16,17)7-10/h2-4,10H,5-8H2,1H3. The maximum absolute atomic E-state index is 12.7. The van der Waals surface area contributed by atoms with E-state index in [2.05, 4.69) is 20.7 Å². The van der Waals surface area contributed by atoms with E-state index in [0.717, 1.165) is 10.0 Å². The predicted molar refractivity (Wildman–Crippen MR) is 73.0 cm³/mol. The molecular weight excluding hydrogens is 334 g/mol. The zero-order valence-corrected chi connectivity index (χ0v) is 12.6. The van der Waals surface area contributed by atoms with Gasteiger partial charge in [0, 0.05) is 18.8 Å². The third-order valence-corrected chi connectivity index (χ3v) is 3.88. The zero-order chi connectivity index (χ0) is 14.8. The number of alkyl halides is 2. The van der Waals surface area contributed by atoms with Gasteiger partial charge in [0.05, 0.1) is 24.6 Å². The topological polar surface area (TPSA) is 35.5 Å². The fourth-order valence-electron chi connectivity index (χ4n) is 2.12. The van der Waals surface area contributed by atoms with Crippen LogP contribution >= 0.6 is 15.9 Å². The van der Waals surface area contributed by atoms with Crippen molar-refractivity contribution in [2.75, 3.05) is 13.7 Å². The van der Waals surface area contributed by atoms with Crippen molar-refractivity contribution in [3.05, 3.63) is 28.2 Å². The number of esters is 1. The molecule has 1 aromatic rings. The molecule has 1 fully saturated rings. The van der Waals surface area contributed by atoms with Gasteiger partial charge in [-0.25, -0.2) is 8.78 Å². The van der Waals surface area contributed by atoms with E-state index in [-0.39, 0.29) is 37.8 Å². The summed E-state index contributed by atoms with van der Waals surface area (Å²) in [5, 5.41) is 0. The Labute approximate surface area is 124 Å². The Kier molecular flexibility index (Phi) is 4.62. The monoisotopic (exact) mass is 348 g/mol. The molecule has 1 aromatic carbocycles. The SMILES string of the molecule is COC(=O)Cc1ccc(Br)c(OCC2CC(F)(F)C2)c1. The van der Waals surface area contributed by atoms with Crippen molar-refractivity contribution < 1.29 is 23.0 Å². The molecular formula is C14H15BrF2O3. The van der Waals surface area contributed by atoms with Gasteiger partial charge in [-0.1, -0.05) is 6.07 Å². The lowest BCUT2D eigenvalue weighted by atomic mass is 9.82. The van der Waals surface area contributed by atoms with Crippen LogP contribution in [0.1, 0.15) is 18.4 Å². The smallest absolute Gasteiger partial charge is 0.309 e. The van der Waals surface area contributed by atoms with Gasteiger partial charge in [-0.2, -0.15) is 0 Å². The summed E-state index contributed by atoms with van der Waals surface area (Å²) in [6, 6.07) is 5.27.